The van der Waals surface area contributed by atoms with Crippen molar-refractivity contribution in [3.8, 4) is 0 Å². The van der Waals surface area contributed by atoms with Crippen molar-refractivity contribution in [1.29, 1.82) is 0 Å². The van der Waals surface area contributed by atoms with Gasteiger partial charge in [-0.2, -0.15) is 4.21 Å². The first kappa shape index (κ1) is 8.06. The van der Waals surface area contributed by atoms with Gasteiger partial charge in [0.2, 0.25) is 9.74 Å². The Kier molecular flexibility index (Phi) is 1.53. The molecule has 0 heterocycles. The highest BCUT2D eigenvalue weighted by Crippen LogP contribution is 2.09. The van der Waals surface area contributed by atoms with Crippen LogP contribution in [-0.2, 0) is 18.1 Å². The lowest BCUT2D eigenvalue weighted by atomic mass is 11.9. The van der Waals surface area contributed by atoms with Crippen LogP contribution in [0.2, 0.25) is 0 Å². The van der Waals surface area contributed by atoms with Gasteiger partial charge >= 0.3 is 0 Å². The van der Waals surface area contributed by atoms with Crippen molar-refractivity contribution < 1.29 is 17.2 Å². The van der Waals surface area contributed by atoms with Crippen LogP contribution in [0.25, 0.3) is 0 Å². The summed E-state index contributed by atoms with van der Waals surface area (Å²) in [5.74, 6) is 0. The van der Waals surface area contributed by atoms with E-state index in [1.165, 1.54) is 0 Å². The number of rotatable bonds is 1. The Morgan fingerprint density at radius 3 is 1.50 bits per heavy atom. The van der Waals surface area contributed by atoms with E-state index in [9.17, 15) is 12.6 Å². The lowest BCUT2D eigenvalue weighted by Gasteiger charge is -2.24. The number of hydrogen-bond acceptors (Lipinski definition) is 3. The van der Waals surface area contributed by atoms with Crippen molar-refractivity contribution in [2.24, 2.45) is 0 Å². The fourth-order valence-corrected chi connectivity index (χ4v) is 0. The van der Waals surface area contributed by atoms with Crippen molar-refractivity contribution in [2.45, 2.75) is 0 Å². The van der Waals surface area contributed by atoms with E-state index < -0.39 is 18.1 Å². The first-order valence-corrected chi connectivity index (χ1v) is 6.24. The van der Waals surface area contributed by atoms with Crippen LogP contribution < -0.4 is 0 Å². The second-order valence-electron chi connectivity index (χ2n) is 1.93. The van der Waals surface area contributed by atoms with Gasteiger partial charge in [-0.15, -0.1) is 8.38 Å². The molecular formula is C2H8O4S2. The zero-order valence-corrected chi connectivity index (χ0v) is 6.24. The Morgan fingerprint density at radius 1 is 1.38 bits per heavy atom. The molecule has 0 fully saturated rings. The molecule has 0 aromatic carbocycles. The molecular weight excluding hydrogens is 152 g/mol. The van der Waals surface area contributed by atoms with Crippen LogP contribution in [0.4, 0.5) is 0 Å². The summed E-state index contributed by atoms with van der Waals surface area (Å²) in [7, 11) is -7.48. The summed E-state index contributed by atoms with van der Waals surface area (Å²) in [5.41, 5.74) is 0. The molecule has 52 valence electrons. The van der Waals surface area contributed by atoms with Crippen LogP contribution in [0.5, 0.6) is 0 Å². The third-order valence-electron chi connectivity index (χ3n) is 0.426. The topological polar surface area (TPSA) is 71.4 Å². The fraction of sp³-hybridized carbons (Fsp3) is 1.00. The van der Waals surface area contributed by atoms with Gasteiger partial charge in [0.25, 0.3) is 0 Å². The summed E-state index contributed by atoms with van der Waals surface area (Å²) in [6.45, 7) is 0. The van der Waals surface area contributed by atoms with Gasteiger partial charge < -0.3 is 0 Å². The molecule has 0 unspecified atom stereocenters. The smallest absolute Gasteiger partial charge is 0.233 e. The zero-order chi connectivity index (χ0) is 7.02. The van der Waals surface area contributed by atoms with E-state index >= 15 is 0 Å². The molecule has 0 rings (SSSR count). The molecule has 4 nitrogen and oxygen atoms in total. The SMILES string of the molecule is CS(C)(=O)(O)[SH](=O)=O. The van der Waals surface area contributed by atoms with Gasteiger partial charge in [0.05, 0.1) is 0 Å². The highest BCUT2D eigenvalue weighted by Gasteiger charge is 2.14. The summed E-state index contributed by atoms with van der Waals surface area (Å²) in [6.07, 6.45) is 1.59. The van der Waals surface area contributed by atoms with Crippen molar-refractivity contribution in [1.82, 2.24) is 0 Å². The monoisotopic (exact) mass is 160 g/mol. The Bertz CT molecular complexity index is 199. The molecule has 0 aliphatic carbocycles. The summed E-state index contributed by atoms with van der Waals surface area (Å²) in [6, 6.07) is 0. The van der Waals surface area contributed by atoms with Crippen molar-refractivity contribution in [3.63, 3.8) is 0 Å². The first-order chi connectivity index (χ1) is 3.20. The maximum Gasteiger partial charge on any atom is 0.233 e. The maximum atomic E-state index is 10.4. The van der Waals surface area contributed by atoms with E-state index in [1.807, 2.05) is 0 Å². The predicted octanol–water partition coefficient (Wildman–Crippen LogP) is -0.934. The second kappa shape index (κ2) is 1.52. The van der Waals surface area contributed by atoms with Crippen LogP contribution in [0.1, 0.15) is 0 Å². The summed E-state index contributed by atoms with van der Waals surface area (Å²) >= 11 is 0. The summed E-state index contributed by atoms with van der Waals surface area (Å²) in [4.78, 5) is 0. The lowest BCUT2D eigenvalue weighted by molar-refractivity contribution is 0.537. The molecule has 0 bridgehead atoms. The second-order valence-corrected chi connectivity index (χ2v) is 9.80. The van der Waals surface area contributed by atoms with E-state index in [0.717, 1.165) is 12.5 Å². The van der Waals surface area contributed by atoms with Crippen molar-refractivity contribution >= 4 is 18.1 Å². The minimum Gasteiger partial charge on any atom is -0.291 e. The molecule has 6 heteroatoms. The highest BCUT2D eigenvalue weighted by molar-refractivity contribution is 8.71. The molecule has 0 aliphatic heterocycles. The highest BCUT2D eigenvalue weighted by atomic mass is 33.2. The molecule has 0 aliphatic rings. The van der Waals surface area contributed by atoms with E-state index in [-0.39, 0.29) is 0 Å². The predicted molar refractivity (Wildman–Crippen MR) is 32.9 cm³/mol. The van der Waals surface area contributed by atoms with E-state index in [2.05, 4.69) is 0 Å². The van der Waals surface area contributed by atoms with Gasteiger partial charge in [-0.25, -0.2) is 8.42 Å². The van der Waals surface area contributed by atoms with Gasteiger partial charge in [-0.3, -0.25) is 4.55 Å². The Labute approximate surface area is 48.5 Å². The van der Waals surface area contributed by atoms with Gasteiger partial charge in [0.15, 0.2) is 0 Å². The molecule has 0 aromatic heterocycles. The Hall–Kier alpha value is 0.0600. The van der Waals surface area contributed by atoms with Crippen LogP contribution in [-0.4, -0.2) is 29.7 Å². The van der Waals surface area contributed by atoms with Gasteiger partial charge in [-0.05, 0) is 0 Å². The average Bonchev–Trinajstić information content (AvgIpc) is 1.27. The molecule has 0 amide bonds. The minimum atomic E-state index is -4.26. The average molecular weight is 160 g/mol. The normalized spacial score (nSPS) is 17.8. The quantitative estimate of drug-likeness (QED) is 0.384. The van der Waals surface area contributed by atoms with Crippen LogP contribution in [0, 0.1) is 0 Å². The number of thiol groups is 1. The molecule has 0 radical (unpaired) electrons. The fourth-order valence-electron chi connectivity index (χ4n) is 0. The first-order valence-electron chi connectivity index (χ1n) is 1.71. The van der Waals surface area contributed by atoms with Crippen molar-refractivity contribution in [3.05, 3.63) is 0 Å². The third-order valence-corrected chi connectivity index (χ3v) is 3.83. The van der Waals surface area contributed by atoms with Crippen LogP contribution in [0.3, 0.4) is 0 Å². The molecule has 0 aromatic rings. The zero-order valence-electron chi connectivity index (χ0n) is 4.53. The minimum absolute atomic E-state index is 0.795. The molecule has 0 spiro atoms. The molecule has 0 saturated heterocycles. The van der Waals surface area contributed by atoms with Crippen LogP contribution >= 0.6 is 0 Å². The lowest BCUT2D eigenvalue weighted by Crippen LogP contribution is -2.28. The molecule has 0 atom stereocenters. The van der Waals surface area contributed by atoms with Gasteiger partial charge in [0, 0.05) is 12.5 Å². The summed E-state index contributed by atoms with van der Waals surface area (Å²) in [5, 5.41) is 0. The van der Waals surface area contributed by atoms with Crippen LogP contribution in [0.15, 0.2) is 0 Å². The molecule has 8 heavy (non-hydrogen) atoms. The van der Waals surface area contributed by atoms with E-state index in [4.69, 9.17) is 4.55 Å². The molecule has 1 N–H and O–H groups in total. The Balaban J connectivity index is 4.99. The number of hydrogen-bond donors (Lipinski definition) is 2. The van der Waals surface area contributed by atoms with E-state index in [0.29, 0.717) is 0 Å². The van der Waals surface area contributed by atoms with Gasteiger partial charge in [-0.1, -0.05) is 0 Å². The Morgan fingerprint density at radius 2 is 1.50 bits per heavy atom. The maximum absolute atomic E-state index is 10.4. The summed E-state index contributed by atoms with van der Waals surface area (Å²) < 4.78 is 38.7. The van der Waals surface area contributed by atoms with Gasteiger partial charge in [0.1, 0.15) is 0 Å². The molecule has 0 saturated carbocycles. The largest absolute Gasteiger partial charge is 0.291 e. The standard InChI is InChI=1S/C2H8O4S2/c1-8(2,5,6)7(3)4/h7H,1-2H3,(H,5,6). The van der Waals surface area contributed by atoms with E-state index in [1.54, 1.807) is 0 Å². The third kappa shape index (κ3) is 2.39. The van der Waals surface area contributed by atoms with Crippen molar-refractivity contribution in [2.75, 3.05) is 12.5 Å².